The lowest BCUT2D eigenvalue weighted by atomic mass is 9.86. The number of alkyl halides is 5. The molecule has 6 nitrogen and oxygen atoms in total. The zero-order valence-electron chi connectivity index (χ0n) is 15.6. The first-order chi connectivity index (χ1) is 13.4. The number of hydrogen-bond acceptors (Lipinski definition) is 5. The van der Waals surface area contributed by atoms with Gasteiger partial charge in [-0.25, -0.2) is 0 Å². The summed E-state index contributed by atoms with van der Waals surface area (Å²) in [6, 6.07) is 1.08. The van der Waals surface area contributed by atoms with Crippen molar-refractivity contribution in [1.29, 1.82) is 0 Å². The summed E-state index contributed by atoms with van der Waals surface area (Å²) in [5.74, 6) is -0.305. The second kappa shape index (κ2) is 9.80. The van der Waals surface area contributed by atoms with Crippen molar-refractivity contribution >= 4 is 17.8 Å². The van der Waals surface area contributed by atoms with E-state index < -0.39 is 24.6 Å². The molecule has 0 aromatic carbocycles. The summed E-state index contributed by atoms with van der Waals surface area (Å²) in [7, 11) is 0. The van der Waals surface area contributed by atoms with Gasteiger partial charge in [-0.05, 0) is 6.92 Å². The second-order valence-corrected chi connectivity index (χ2v) is 6.76. The third-order valence-electron chi connectivity index (χ3n) is 3.88. The molecule has 0 fully saturated rings. The minimum atomic E-state index is -4.47. The Labute approximate surface area is 167 Å². The van der Waals surface area contributed by atoms with Gasteiger partial charge >= 0.3 is 18.9 Å². The molecule has 0 aliphatic heterocycles. The molecule has 0 saturated carbocycles. The van der Waals surface area contributed by atoms with E-state index in [2.05, 4.69) is 14.8 Å². The quantitative estimate of drug-likeness (QED) is 0.604. The molecule has 0 aliphatic carbocycles. The van der Waals surface area contributed by atoms with Gasteiger partial charge in [-0.3, -0.25) is 9.67 Å². The molecule has 2 heterocycles. The van der Waals surface area contributed by atoms with Crippen LogP contribution in [0.2, 0.25) is 5.02 Å². The molecule has 29 heavy (non-hydrogen) atoms. The van der Waals surface area contributed by atoms with Crippen molar-refractivity contribution in [1.82, 2.24) is 14.8 Å². The molecule has 0 aliphatic rings. The number of ether oxygens (including phenoxy) is 1. The van der Waals surface area contributed by atoms with Crippen LogP contribution in [0, 0.1) is 5.41 Å². The van der Waals surface area contributed by atoms with Crippen LogP contribution in [-0.2, 0) is 22.6 Å². The molecular formula is C17H17ClF5N3O3. The molecule has 2 aromatic heterocycles. The van der Waals surface area contributed by atoms with Crippen molar-refractivity contribution in [2.75, 3.05) is 0 Å². The molecule has 160 valence electrons. The first kappa shape index (κ1) is 24.5. The highest BCUT2D eigenvalue weighted by molar-refractivity contribution is 6.33. The lowest BCUT2D eigenvalue weighted by Gasteiger charge is -2.27. The van der Waals surface area contributed by atoms with Crippen LogP contribution in [0.1, 0.15) is 26.5 Å². The van der Waals surface area contributed by atoms with Crippen molar-refractivity contribution < 1.29 is 36.3 Å². The highest BCUT2D eigenvalue weighted by Crippen LogP contribution is 2.41. The van der Waals surface area contributed by atoms with E-state index in [9.17, 15) is 22.0 Å². The van der Waals surface area contributed by atoms with Crippen molar-refractivity contribution in [2.24, 2.45) is 5.41 Å². The number of rotatable bonds is 6. The van der Waals surface area contributed by atoms with E-state index in [1.165, 1.54) is 17.1 Å². The average molecular weight is 442 g/mol. The van der Waals surface area contributed by atoms with Gasteiger partial charge < -0.3 is 4.74 Å². The number of pyridine rings is 1. The molecule has 0 bridgehead atoms. The number of aromatic nitrogens is 3. The van der Waals surface area contributed by atoms with Gasteiger partial charge in [-0.1, -0.05) is 25.4 Å². The molecule has 0 spiro atoms. The molecule has 0 unspecified atom stereocenters. The predicted molar refractivity (Wildman–Crippen MR) is 91.3 cm³/mol. The lowest BCUT2D eigenvalue weighted by molar-refractivity contribution is -0.211. The predicted octanol–water partition coefficient (Wildman–Crippen LogP) is 4.77. The maximum Gasteiger partial charge on any atom is 0.394 e. The summed E-state index contributed by atoms with van der Waals surface area (Å²) in [5, 5.41) is 4.20. The highest BCUT2D eigenvalue weighted by atomic mass is 35.5. The summed E-state index contributed by atoms with van der Waals surface area (Å²) >= 11 is 6.07. The van der Waals surface area contributed by atoms with E-state index >= 15 is 0 Å². The zero-order valence-corrected chi connectivity index (χ0v) is 16.3. The van der Waals surface area contributed by atoms with Gasteiger partial charge in [0.2, 0.25) is 0 Å². The van der Waals surface area contributed by atoms with Gasteiger partial charge in [0.15, 0.2) is 0 Å². The Morgan fingerprint density at radius 3 is 2.31 bits per heavy atom. The maximum absolute atomic E-state index is 13.1. The van der Waals surface area contributed by atoms with Gasteiger partial charge in [0.25, 0.3) is 0 Å². The Bertz CT molecular complexity index is 862. The number of halogens is 6. The van der Waals surface area contributed by atoms with Crippen LogP contribution in [0.4, 0.5) is 22.0 Å². The zero-order chi connectivity index (χ0) is 22.4. The fourth-order valence-corrected chi connectivity index (χ4v) is 2.61. The van der Waals surface area contributed by atoms with E-state index in [0.29, 0.717) is 12.2 Å². The molecule has 0 atom stereocenters. The highest BCUT2D eigenvalue weighted by Gasteiger charge is 2.47. The minimum absolute atomic E-state index is 0.0228. The van der Waals surface area contributed by atoms with Crippen molar-refractivity contribution in [3.05, 3.63) is 29.2 Å². The van der Waals surface area contributed by atoms with E-state index in [1.807, 2.05) is 0 Å². The average Bonchev–Trinajstić information content (AvgIpc) is 2.94. The summed E-state index contributed by atoms with van der Waals surface area (Å²) < 4.78 is 70.8. The van der Waals surface area contributed by atoms with Crippen LogP contribution in [0.25, 0.3) is 11.3 Å². The fourth-order valence-electron chi connectivity index (χ4n) is 2.37. The fraction of sp³-hybridized carbons (Fsp3) is 0.471. The van der Waals surface area contributed by atoms with Crippen molar-refractivity contribution in [2.45, 2.75) is 46.5 Å². The van der Waals surface area contributed by atoms with Gasteiger partial charge in [-0.15, -0.1) is 0 Å². The first-order valence-corrected chi connectivity index (χ1v) is 8.47. The van der Waals surface area contributed by atoms with Gasteiger partial charge in [0.1, 0.15) is 5.75 Å². The Kier molecular flexibility index (Phi) is 8.28. The van der Waals surface area contributed by atoms with Gasteiger partial charge in [0, 0.05) is 30.9 Å². The number of aryl methyl sites for hydroxylation is 1. The van der Waals surface area contributed by atoms with E-state index in [1.54, 1.807) is 6.92 Å². The van der Waals surface area contributed by atoms with Crippen LogP contribution in [0.5, 0.6) is 5.75 Å². The van der Waals surface area contributed by atoms with Crippen LogP contribution in [-0.4, -0.2) is 33.7 Å². The smallest absolute Gasteiger partial charge is 0.394 e. The van der Waals surface area contributed by atoms with Crippen molar-refractivity contribution in [3.8, 4) is 17.0 Å². The SMILES string of the molecule is CCn1ncc(Cl)c1-c1cnc(CC(C)(C)C(F)(F)F)cc1OC(F)F.O=C=O. The Balaban J connectivity index is 0.00000132. The number of carbonyl (C=O) groups excluding carboxylic acids is 2. The monoisotopic (exact) mass is 441 g/mol. The molecule has 2 rings (SSSR count). The van der Waals surface area contributed by atoms with E-state index in [4.69, 9.17) is 21.2 Å². The third-order valence-corrected chi connectivity index (χ3v) is 4.16. The van der Waals surface area contributed by atoms with Crippen molar-refractivity contribution in [3.63, 3.8) is 0 Å². The summed E-state index contributed by atoms with van der Waals surface area (Å²) in [6.07, 6.45) is -2.19. The molecule has 0 N–H and O–H groups in total. The number of hydrogen-bond donors (Lipinski definition) is 0. The normalized spacial score (nSPS) is 11.7. The largest absolute Gasteiger partial charge is 0.434 e. The van der Waals surface area contributed by atoms with Crippen LogP contribution >= 0.6 is 11.6 Å². The minimum Gasteiger partial charge on any atom is -0.434 e. The second-order valence-electron chi connectivity index (χ2n) is 6.35. The van der Waals surface area contributed by atoms with Gasteiger partial charge in [-0.2, -0.15) is 36.6 Å². The maximum atomic E-state index is 13.1. The topological polar surface area (TPSA) is 74.1 Å². The Hall–Kier alpha value is -2.52. The first-order valence-electron chi connectivity index (χ1n) is 8.09. The summed E-state index contributed by atoms with van der Waals surface area (Å²) in [6.45, 7) is 1.04. The number of nitrogens with zero attached hydrogens (tertiary/aromatic N) is 3. The summed E-state index contributed by atoms with van der Waals surface area (Å²) in [4.78, 5) is 20.2. The molecule has 0 amide bonds. The lowest BCUT2D eigenvalue weighted by Crippen LogP contribution is -2.34. The Morgan fingerprint density at radius 1 is 1.24 bits per heavy atom. The third kappa shape index (κ3) is 6.23. The Morgan fingerprint density at radius 2 is 1.83 bits per heavy atom. The molecule has 0 radical (unpaired) electrons. The molecule has 12 heteroatoms. The van der Waals surface area contributed by atoms with E-state index in [0.717, 1.165) is 19.9 Å². The van der Waals surface area contributed by atoms with Crippen LogP contribution in [0.15, 0.2) is 18.5 Å². The van der Waals surface area contributed by atoms with Crippen LogP contribution in [0.3, 0.4) is 0 Å². The molecular weight excluding hydrogens is 425 g/mol. The molecule has 0 saturated heterocycles. The van der Waals surface area contributed by atoms with E-state index in [-0.39, 0.29) is 28.2 Å². The van der Waals surface area contributed by atoms with Gasteiger partial charge in [0.05, 0.1) is 27.9 Å². The standard InChI is InChI=1S/C16H17ClF5N3O.CO2/c1-4-25-13(11(17)8-24-25)10-7-23-9(5-12(10)26-14(18)19)6-15(2,3)16(20,21)22;2-1-3/h5,7-8,14H,4,6H2,1-3H3;. The molecule has 2 aromatic rings. The van der Waals surface area contributed by atoms with Crippen LogP contribution < -0.4 is 4.74 Å². The summed E-state index contributed by atoms with van der Waals surface area (Å²) in [5.41, 5.74) is -1.67.